The summed E-state index contributed by atoms with van der Waals surface area (Å²) in [6.07, 6.45) is 1.30. The zero-order chi connectivity index (χ0) is 17.5. The van der Waals surface area contributed by atoms with E-state index in [1.165, 1.54) is 27.5 Å². The Labute approximate surface area is 139 Å². The van der Waals surface area contributed by atoms with Crippen LogP contribution in [0.15, 0.2) is 41.5 Å². The summed E-state index contributed by atoms with van der Waals surface area (Å²) < 4.78 is 15.2. The molecule has 0 unspecified atom stereocenters. The summed E-state index contributed by atoms with van der Waals surface area (Å²) in [7, 11) is 4.45. The number of rotatable bonds is 6. The molecule has 0 radical (unpaired) electrons. The number of benzene rings is 2. The van der Waals surface area contributed by atoms with Gasteiger partial charge in [0, 0.05) is 17.2 Å². The van der Waals surface area contributed by atoms with Crippen LogP contribution < -0.4 is 19.6 Å². The minimum absolute atomic E-state index is 0.0994. The number of hydrazone groups is 1. The molecule has 0 saturated heterocycles. The van der Waals surface area contributed by atoms with E-state index in [1.54, 1.807) is 36.4 Å². The highest BCUT2D eigenvalue weighted by atomic mass is 16.5. The number of nitrogens with one attached hydrogen (secondary N) is 1. The van der Waals surface area contributed by atoms with E-state index in [2.05, 4.69) is 10.5 Å². The quantitative estimate of drug-likeness (QED) is 0.626. The van der Waals surface area contributed by atoms with Gasteiger partial charge >= 0.3 is 0 Å². The molecule has 2 rings (SSSR count). The topological polar surface area (TPSA) is 89.4 Å². The lowest BCUT2D eigenvalue weighted by atomic mass is 10.2. The van der Waals surface area contributed by atoms with E-state index in [-0.39, 0.29) is 11.5 Å². The number of carbonyl (C=O) groups excluding carboxylic acids is 1. The van der Waals surface area contributed by atoms with Gasteiger partial charge in [-0.05, 0) is 24.3 Å². The molecule has 126 valence electrons. The van der Waals surface area contributed by atoms with E-state index in [1.807, 2.05) is 0 Å². The molecule has 1 amide bonds. The Hall–Kier alpha value is -3.22. The summed E-state index contributed by atoms with van der Waals surface area (Å²) in [6.45, 7) is 0. The highest BCUT2D eigenvalue weighted by molar-refractivity contribution is 5.95. The second kappa shape index (κ2) is 7.87. The van der Waals surface area contributed by atoms with Gasteiger partial charge in [0.25, 0.3) is 5.91 Å². The van der Waals surface area contributed by atoms with E-state index in [0.29, 0.717) is 22.6 Å². The van der Waals surface area contributed by atoms with Crippen molar-refractivity contribution >= 4 is 12.1 Å². The van der Waals surface area contributed by atoms with Gasteiger partial charge in [-0.1, -0.05) is 6.07 Å². The molecule has 2 aromatic carbocycles. The van der Waals surface area contributed by atoms with Crippen LogP contribution in [0.5, 0.6) is 23.0 Å². The average Bonchev–Trinajstić information content (AvgIpc) is 2.62. The second-order valence-electron chi connectivity index (χ2n) is 4.70. The minimum atomic E-state index is -0.403. The Morgan fingerprint density at radius 2 is 1.83 bits per heavy atom. The number of aromatic hydroxyl groups is 1. The summed E-state index contributed by atoms with van der Waals surface area (Å²) >= 11 is 0. The van der Waals surface area contributed by atoms with Crippen LogP contribution in [-0.4, -0.2) is 38.6 Å². The zero-order valence-corrected chi connectivity index (χ0v) is 13.6. The van der Waals surface area contributed by atoms with Gasteiger partial charge in [-0.25, -0.2) is 5.43 Å². The number of phenols is 1. The van der Waals surface area contributed by atoms with E-state index in [4.69, 9.17) is 14.2 Å². The van der Waals surface area contributed by atoms with Crippen molar-refractivity contribution in [3.8, 4) is 23.0 Å². The third-order valence-corrected chi connectivity index (χ3v) is 3.24. The van der Waals surface area contributed by atoms with Crippen LogP contribution >= 0.6 is 0 Å². The number of carbonyl (C=O) groups is 1. The average molecular weight is 330 g/mol. The Kier molecular flexibility index (Phi) is 5.62. The largest absolute Gasteiger partial charge is 0.504 e. The third kappa shape index (κ3) is 3.95. The van der Waals surface area contributed by atoms with E-state index in [9.17, 15) is 9.90 Å². The van der Waals surface area contributed by atoms with Crippen LogP contribution in [-0.2, 0) is 0 Å². The first-order chi connectivity index (χ1) is 11.6. The predicted molar refractivity (Wildman–Crippen MR) is 89.3 cm³/mol. The highest BCUT2D eigenvalue weighted by Gasteiger charge is 2.10. The van der Waals surface area contributed by atoms with Gasteiger partial charge in [-0.15, -0.1) is 0 Å². The molecule has 7 nitrogen and oxygen atoms in total. The van der Waals surface area contributed by atoms with Crippen LogP contribution in [0.1, 0.15) is 15.9 Å². The third-order valence-electron chi connectivity index (χ3n) is 3.24. The molecule has 0 aliphatic carbocycles. The molecule has 0 atom stereocenters. The number of hydrogen-bond donors (Lipinski definition) is 2. The Bertz CT molecular complexity index is 759. The summed E-state index contributed by atoms with van der Waals surface area (Å²) in [5.74, 6) is 0.805. The number of hydrogen-bond acceptors (Lipinski definition) is 6. The van der Waals surface area contributed by atoms with Gasteiger partial charge in [0.05, 0.1) is 27.5 Å². The first kappa shape index (κ1) is 17.1. The smallest absolute Gasteiger partial charge is 0.271 e. The molecule has 2 aromatic rings. The number of nitrogens with zero attached hydrogens (tertiary/aromatic N) is 1. The molecular formula is C17H18N2O5. The zero-order valence-electron chi connectivity index (χ0n) is 13.6. The molecule has 0 bridgehead atoms. The summed E-state index contributed by atoms with van der Waals surface area (Å²) in [6, 6.07) is 9.79. The van der Waals surface area contributed by atoms with E-state index < -0.39 is 5.91 Å². The number of phenolic OH excluding ortho intramolecular Hbond substituents is 1. The first-order valence-electron chi connectivity index (χ1n) is 7.01. The Balaban J connectivity index is 2.15. The summed E-state index contributed by atoms with van der Waals surface area (Å²) in [4.78, 5) is 12.0. The normalized spacial score (nSPS) is 10.5. The van der Waals surface area contributed by atoms with E-state index in [0.717, 1.165) is 0 Å². The van der Waals surface area contributed by atoms with Gasteiger partial charge in [-0.3, -0.25) is 4.79 Å². The molecule has 7 heteroatoms. The molecular weight excluding hydrogens is 312 g/mol. The Morgan fingerprint density at radius 1 is 1.08 bits per heavy atom. The molecule has 0 heterocycles. The fourth-order valence-corrected chi connectivity index (χ4v) is 1.96. The standard InChI is InChI=1S/C17H18N2O5/c1-22-13-6-4-5-11(7-13)17(21)19-18-10-12-8-14(23-2)9-15(24-3)16(12)20/h4-10,20H,1-3H3,(H,19,21)/b18-10+. The molecule has 0 aromatic heterocycles. The molecule has 0 spiro atoms. The molecule has 0 aliphatic rings. The van der Waals surface area contributed by atoms with Gasteiger partial charge in [-0.2, -0.15) is 5.10 Å². The Morgan fingerprint density at radius 3 is 2.50 bits per heavy atom. The predicted octanol–water partition coefficient (Wildman–Crippen LogP) is 2.18. The second-order valence-corrected chi connectivity index (χ2v) is 4.70. The first-order valence-corrected chi connectivity index (χ1v) is 7.01. The minimum Gasteiger partial charge on any atom is -0.504 e. The van der Waals surface area contributed by atoms with Crippen LogP contribution in [0.25, 0.3) is 0 Å². The summed E-state index contributed by atoms with van der Waals surface area (Å²) in [5, 5.41) is 13.9. The van der Waals surface area contributed by atoms with Crippen LogP contribution in [0.3, 0.4) is 0 Å². The van der Waals surface area contributed by atoms with Gasteiger partial charge in [0.15, 0.2) is 11.5 Å². The number of amides is 1. The van der Waals surface area contributed by atoms with Crippen molar-refractivity contribution in [2.45, 2.75) is 0 Å². The molecule has 0 aliphatic heterocycles. The van der Waals surface area contributed by atoms with Crippen molar-refractivity contribution in [3.63, 3.8) is 0 Å². The van der Waals surface area contributed by atoms with Crippen molar-refractivity contribution in [3.05, 3.63) is 47.5 Å². The van der Waals surface area contributed by atoms with Crippen molar-refractivity contribution < 1.29 is 24.1 Å². The van der Waals surface area contributed by atoms with Gasteiger partial charge < -0.3 is 19.3 Å². The number of methoxy groups -OCH3 is 3. The van der Waals surface area contributed by atoms with Gasteiger partial charge in [0.2, 0.25) is 0 Å². The maximum Gasteiger partial charge on any atom is 0.271 e. The lowest BCUT2D eigenvalue weighted by molar-refractivity contribution is 0.0954. The van der Waals surface area contributed by atoms with Crippen molar-refractivity contribution in [1.29, 1.82) is 0 Å². The highest BCUT2D eigenvalue weighted by Crippen LogP contribution is 2.33. The monoisotopic (exact) mass is 330 g/mol. The molecule has 2 N–H and O–H groups in total. The van der Waals surface area contributed by atoms with Crippen LogP contribution in [0, 0.1) is 0 Å². The fourth-order valence-electron chi connectivity index (χ4n) is 1.96. The van der Waals surface area contributed by atoms with Crippen LogP contribution in [0.2, 0.25) is 0 Å². The van der Waals surface area contributed by atoms with Crippen LogP contribution in [0.4, 0.5) is 0 Å². The van der Waals surface area contributed by atoms with Crippen molar-refractivity contribution in [2.24, 2.45) is 5.10 Å². The molecule has 0 fully saturated rings. The van der Waals surface area contributed by atoms with Crippen molar-refractivity contribution in [1.82, 2.24) is 5.43 Å². The number of ether oxygens (including phenoxy) is 3. The molecule has 0 saturated carbocycles. The molecule has 24 heavy (non-hydrogen) atoms. The lowest BCUT2D eigenvalue weighted by Crippen LogP contribution is -2.17. The van der Waals surface area contributed by atoms with Gasteiger partial charge in [0.1, 0.15) is 11.5 Å². The van der Waals surface area contributed by atoms with Crippen molar-refractivity contribution in [2.75, 3.05) is 21.3 Å². The maximum absolute atomic E-state index is 12.0. The fraction of sp³-hybridized carbons (Fsp3) is 0.176. The maximum atomic E-state index is 12.0. The van der Waals surface area contributed by atoms with E-state index >= 15 is 0 Å². The summed E-state index contributed by atoms with van der Waals surface area (Å²) in [5.41, 5.74) is 3.13. The lowest BCUT2D eigenvalue weighted by Gasteiger charge is -2.09. The SMILES string of the molecule is COc1cccc(C(=O)N/N=C/c2cc(OC)cc(OC)c2O)c1.